The molecule has 0 bridgehead atoms. The topological polar surface area (TPSA) is 55.8 Å². The minimum absolute atomic E-state index is 0.162. The second kappa shape index (κ2) is 8.24. The molecule has 1 aliphatic heterocycles. The van der Waals surface area contributed by atoms with Crippen LogP contribution in [0.2, 0.25) is 0 Å². The zero-order valence-corrected chi connectivity index (χ0v) is 15.2. The summed E-state index contributed by atoms with van der Waals surface area (Å²) in [5.74, 6) is -1.31. The number of halogens is 2. The van der Waals surface area contributed by atoms with E-state index >= 15 is 0 Å². The number of nitrogens with one attached hydrogen (secondary N) is 1. The van der Waals surface area contributed by atoms with Gasteiger partial charge in [0.1, 0.15) is 5.75 Å². The normalized spacial score (nSPS) is 16.4. The molecule has 27 heavy (non-hydrogen) atoms. The minimum atomic E-state index is -0.853. The number of carbonyl (C=O) groups excluding carboxylic acids is 1. The molecule has 1 unspecified atom stereocenters. The number of hydrogen-bond acceptors (Lipinski definition) is 3. The smallest absolute Gasteiger partial charge is 0.317 e. The van der Waals surface area contributed by atoms with E-state index in [9.17, 15) is 18.7 Å². The standard InChI is InChI=1S/C20H23F2N3O2/c1-24(13-15-4-2-3-5-19(15)26)20(27)23-11-14-8-9-25(12-14)16-6-7-17(21)18(22)10-16/h2-7,10,14,26H,8-9,11-13H2,1H3,(H,23,27). The SMILES string of the molecule is CN(Cc1ccccc1O)C(=O)NCC1CCN(c2ccc(F)c(F)c2)C1. The lowest BCUT2D eigenvalue weighted by Gasteiger charge is -2.21. The van der Waals surface area contributed by atoms with Gasteiger partial charge in [-0.2, -0.15) is 0 Å². The maximum absolute atomic E-state index is 13.4. The van der Waals surface area contributed by atoms with Gasteiger partial charge in [-0.05, 0) is 30.5 Å². The molecule has 5 nitrogen and oxygen atoms in total. The van der Waals surface area contributed by atoms with Crippen LogP contribution in [0.4, 0.5) is 19.3 Å². The number of amides is 2. The number of phenols is 1. The summed E-state index contributed by atoms with van der Waals surface area (Å²) in [5, 5.41) is 12.7. The van der Waals surface area contributed by atoms with E-state index < -0.39 is 11.6 Å². The summed E-state index contributed by atoms with van der Waals surface area (Å²) >= 11 is 0. The maximum atomic E-state index is 13.4. The summed E-state index contributed by atoms with van der Waals surface area (Å²) in [6.07, 6.45) is 0.864. The Labute approximate surface area is 157 Å². The molecular weight excluding hydrogens is 352 g/mol. The Bertz CT molecular complexity index is 816. The Morgan fingerprint density at radius 1 is 1.26 bits per heavy atom. The number of aromatic hydroxyl groups is 1. The molecule has 1 heterocycles. The second-order valence-electron chi connectivity index (χ2n) is 6.87. The molecule has 1 aliphatic rings. The number of benzene rings is 2. The molecule has 0 radical (unpaired) electrons. The number of urea groups is 1. The van der Waals surface area contributed by atoms with Crippen molar-refractivity contribution in [2.75, 3.05) is 31.6 Å². The van der Waals surface area contributed by atoms with Gasteiger partial charge >= 0.3 is 6.03 Å². The second-order valence-corrected chi connectivity index (χ2v) is 6.87. The van der Waals surface area contributed by atoms with Crippen LogP contribution < -0.4 is 10.2 Å². The summed E-state index contributed by atoms with van der Waals surface area (Å²) in [5.41, 5.74) is 1.33. The molecule has 144 valence electrons. The monoisotopic (exact) mass is 375 g/mol. The molecule has 3 rings (SSSR count). The molecule has 2 amide bonds. The lowest BCUT2D eigenvalue weighted by molar-refractivity contribution is 0.205. The average molecular weight is 375 g/mol. The van der Waals surface area contributed by atoms with Crippen molar-refractivity contribution in [3.8, 4) is 5.75 Å². The van der Waals surface area contributed by atoms with Crippen LogP contribution >= 0.6 is 0 Å². The number of rotatable bonds is 5. The van der Waals surface area contributed by atoms with Crippen molar-refractivity contribution in [1.29, 1.82) is 0 Å². The van der Waals surface area contributed by atoms with Crippen LogP contribution in [0.25, 0.3) is 0 Å². The number of nitrogens with zero attached hydrogens (tertiary/aromatic N) is 2. The highest BCUT2D eigenvalue weighted by Crippen LogP contribution is 2.25. The Hall–Kier alpha value is -2.83. The third-order valence-corrected chi connectivity index (χ3v) is 4.84. The third-order valence-electron chi connectivity index (χ3n) is 4.84. The van der Waals surface area contributed by atoms with Crippen LogP contribution in [0.5, 0.6) is 5.75 Å². The van der Waals surface area contributed by atoms with Crippen molar-refractivity contribution in [2.45, 2.75) is 13.0 Å². The number of para-hydroxylation sites is 1. The van der Waals surface area contributed by atoms with E-state index in [4.69, 9.17) is 0 Å². The van der Waals surface area contributed by atoms with Gasteiger partial charge in [-0.25, -0.2) is 13.6 Å². The fourth-order valence-electron chi connectivity index (χ4n) is 3.25. The van der Waals surface area contributed by atoms with Crippen LogP contribution in [0.3, 0.4) is 0 Å². The van der Waals surface area contributed by atoms with Crippen LogP contribution in [0.1, 0.15) is 12.0 Å². The highest BCUT2D eigenvalue weighted by Gasteiger charge is 2.24. The van der Waals surface area contributed by atoms with Gasteiger partial charge in [-0.3, -0.25) is 0 Å². The molecule has 1 atom stereocenters. The van der Waals surface area contributed by atoms with Gasteiger partial charge in [0.15, 0.2) is 11.6 Å². The predicted octanol–water partition coefficient (Wildman–Crippen LogP) is 3.34. The van der Waals surface area contributed by atoms with Gasteiger partial charge in [0.2, 0.25) is 0 Å². The maximum Gasteiger partial charge on any atom is 0.317 e. The summed E-state index contributed by atoms with van der Waals surface area (Å²) in [4.78, 5) is 15.8. The molecule has 2 aromatic carbocycles. The van der Waals surface area contributed by atoms with Crippen molar-refractivity contribution >= 4 is 11.7 Å². The molecule has 0 aliphatic carbocycles. The van der Waals surface area contributed by atoms with Crippen molar-refractivity contribution in [3.05, 3.63) is 59.7 Å². The molecule has 1 fully saturated rings. The first-order chi connectivity index (χ1) is 12.9. The number of hydrogen-bond donors (Lipinski definition) is 2. The first-order valence-electron chi connectivity index (χ1n) is 8.90. The van der Waals surface area contributed by atoms with Crippen LogP contribution in [0.15, 0.2) is 42.5 Å². The van der Waals surface area contributed by atoms with E-state index in [1.165, 1.54) is 11.0 Å². The van der Waals surface area contributed by atoms with E-state index in [0.29, 0.717) is 30.9 Å². The number of carbonyl (C=O) groups is 1. The van der Waals surface area contributed by atoms with Crippen molar-refractivity contribution in [2.24, 2.45) is 5.92 Å². The summed E-state index contributed by atoms with van der Waals surface area (Å²) in [7, 11) is 1.67. The van der Waals surface area contributed by atoms with E-state index in [2.05, 4.69) is 5.32 Å². The van der Waals surface area contributed by atoms with Gasteiger partial charge in [-0.1, -0.05) is 18.2 Å². The van der Waals surface area contributed by atoms with Crippen LogP contribution in [-0.2, 0) is 6.54 Å². The number of phenolic OH excluding ortho intramolecular Hbond substituents is 1. The zero-order valence-electron chi connectivity index (χ0n) is 15.2. The summed E-state index contributed by atoms with van der Waals surface area (Å²) in [6, 6.07) is 10.6. The van der Waals surface area contributed by atoms with Crippen molar-refractivity contribution in [3.63, 3.8) is 0 Å². The lowest BCUT2D eigenvalue weighted by atomic mass is 10.1. The fourth-order valence-corrected chi connectivity index (χ4v) is 3.25. The van der Waals surface area contributed by atoms with Crippen molar-refractivity contribution < 1.29 is 18.7 Å². The Kier molecular flexibility index (Phi) is 5.78. The molecule has 0 aromatic heterocycles. The molecule has 2 aromatic rings. The van der Waals surface area contributed by atoms with Gasteiger partial charge < -0.3 is 20.2 Å². The van der Waals surface area contributed by atoms with Gasteiger partial charge in [0.05, 0.1) is 6.54 Å². The molecule has 0 saturated carbocycles. The first kappa shape index (κ1) is 18.9. The Morgan fingerprint density at radius 2 is 2.04 bits per heavy atom. The Balaban J connectivity index is 1.48. The summed E-state index contributed by atoms with van der Waals surface area (Å²) < 4.78 is 26.5. The fraction of sp³-hybridized carbons (Fsp3) is 0.350. The highest BCUT2D eigenvalue weighted by molar-refractivity contribution is 5.74. The third kappa shape index (κ3) is 4.67. The quantitative estimate of drug-likeness (QED) is 0.843. The molecule has 1 saturated heterocycles. The highest BCUT2D eigenvalue weighted by atomic mass is 19.2. The van der Waals surface area contributed by atoms with E-state index in [1.54, 1.807) is 31.3 Å². The minimum Gasteiger partial charge on any atom is -0.508 e. The van der Waals surface area contributed by atoms with Gasteiger partial charge in [0, 0.05) is 44.0 Å². The molecule has 0 spiro atoms. The van der Waals surface area contributed by atoms with Gasteiger partial charge in [0.25, 0.3) is 0 Å². The first-order valence-corrected chi connectivity index (χ1v) is 8.90. The van der Waals surface area contributed by atoms with Crippen LogP contribution in [0, 0.1) is 17.6 Å². The Morgan fingerprint density at radius 3 is 2.78 bits per heavy atom. The van der Waals surface area contributed by atoms with E-state index in [-0.39, 0.29) is 17.7 Å². The molecule has 2 N–H and O–H groups in total. The van der Waals surface area contributed by atoms with E-state index in [0.717, 1.165) is 19.0 Å². The molecule has 7 heteroatoms. The molecular formula is C20H23F2N3O2. The van der Waals surface area contributed by atoms with Crippen LogP contribution in [-0.4, -0.2) is 42.7 Å². The van der Waals surface area contributed by atoms with Gasteiger partial charge in [-0.15, -0.1) is 0 Å². The van der Waals surface area contributed by atoms with E-state index in [1.807, 2.05) is 11.0 Å². The summed E-state index contributed by atoms with van der Waals surface area (Å²) in [6.45, 7) is 2.22. The zero-order chi connectivity index (χ0) is 19.4. The predicted molar refractivity (Wildman–Crippen MR) is 99.7 cm³/mol. The lowest BCUT2D eigenvalue weighted by Crippen LogP contribution is -2.39. The largest absolute Gasteiger partial charge is 0.508 e. The average Bonchev–Trinajstić information content (AvgIpc) is 3.13. The van der Waals surface area contributed by atoms with Crippen molar-refractivity contribution in [1.82, 2.24) is 10.2 Å². The number of anilines is 1.